The maximum atomic E-state index is 11.6. The Morgan fingerprint density at radius 2 is 2.08 bits per heavy atom. The first-order valence-corrected chi connectivity index (χ1v) is 9.40. The van der Waals surface area contributed by atoms with Crippen molar-refractivity contribution in [3.05, 3.63) is 54.1 Å². The number of primary amides is 1. The van der Waals surface area contributed by atoms with Crippen LogP contribution in [0, 0.1) is 0 Å². The van der Waals surface area contributed by atoms with E-state index in [1.54, 1.807) is 4.90 Å². The molecule has 0 aliphatic carbocycles. The number of nitrogens with zero attached hydrogens (tertiary/aromatic N) is 2. The number of aromatic nitrogens is 1. The molecule has 0 radical (unpaired) electrons. The lowest BCUT2D eigenvalue weighted by Crippen LogP contribution is -2.56. The van der Waals surface area contributed by atoms with Crippen molar-refractivity contribution in [2.24, 2.45) is 5.73 Å². The van der Waals surface area contributed by atoms with Gasteiger partial charge in [0.25, 0.3) is 5.19 Å². The van der Waals surface area contributed by atoms with E-state index in [1.165, 1.54) is 11.3 Å². The van der Waals surface area contributed by atoms with Gasteiger partial charge in [-0.2, -0.15) is 0 Å². The van der Waals surface area contributed by atoms with Crippen LogP contribution >= 0.6 is 11.3 Å². The van der Waals surface area contributed by atoms with Crippen LogP contribution in [0.2, 0.25) is 0 Å². The van der Waals surface area contributed by atoms with Crippen LogP contribution in [0.1, 0.15) is 5.56 Å². The maximum absolute atomic E-state index is 11.6. The molecule has 1 unspecified atom stereocenters. The van der Waals surface area contributed by atoms with E-state index in [-0.39, 0.29) is 12.1 Å². The van der Waals surface area contributed by atoms with Gasteiger partial charge in [-0.05, 0) is 36.2 Å². The quantitative estimate of drug-likeness (QED) is 0.742. The Balaban J connectivity index is 1.43. The van der Waals surface area contributed by atoms with Gasteiger partial charge in [-0.25, -0.2) is 9.78 Å². The fourth-order valence-electron chi connectivity index (χ4n) is 3.19. The second-order valence-electron chi connectivity index (χ2n) is 6.29. The highest BCUT2D eigenvalue weighted by Crippen LogP contribution is 2.31. The molecule has 1 aliphatic heterocycles. The molecule has 26 heavy (non-hydrogen) atoms. The molecule has 1 fully saturated rings. The van der Waals surface area contributed by atoms with Crippen LogP contribution in [-0.4, -0.2) is 41.6 Å². The largest absolute Gasteiger partial charge is 0.431 e. The minimum atomic E-state index is -0.354. The Hall–Kier alpha value is -2.64. The van der Waals surface area contributed by atoms with Gasteiger partial charge in [0.15, 0.2) is 0 Å². The van der Waals surface area contributed by atoms with Gasteiger partial charge in [0.2, 0.25) is 0 Å². The number of nitrogens with one attached hydrogen (secondary N) is 1. The fourth-order valence-corrected chi connectivity index (χ4v) is 4.03. The van der Waals surface area contributed by atoms with Gasteiger partial charge in [-0.15, -0.1) is 0 Å². The lowest BCUT2D eigenvalue weighted by molar-refractivity contribution is 0.166. The summed E-state index contributed by atoms with van der Waals surface area (Å²) in [7, 11) is 0. The molecule has 1 atom stereocenters. The summed E-state index contributed by atoms with van der Waals surface area (Å²) in [6.45, 7) is 2.19. The van der Waals surface area contributed by atoms with Gasteiger partial charge in [0.05, 0.1) is 10.2 Å². The van der Waals surface area contributed by atoms with Crippen LogP contribution in [-0.2, 0) is 6.42 Å². The van der Waals surface area contributed by atoms with E-state index in [4.69, 9.17) is 10.5 Å². The van der Waals surface area contributed by atoms with Crippen molar-refractivity contribution in [3.63, 3.8) is 0 Å². The normalized spacial score (nSPS) is 17.4. The van der Waals surface area contributed by atoms with Crippen molar-refractivity contribution in [2.45, 2.75) is 12.5 Å². The Morgan fingerprint density at radius 1 is 1.27 bits per heavy atom. The number of ether oxygens (including phenoxy) is 1. The third-order valence-corrected chi connectivity index (χ3v) is 5.42. The third-order valence-electron chi connectivity index (χ3n) is 4.51. The number of piperazine rings is 1. The zero-order valence-corrected chi connectivity index (χ0v) is 15.0. The molecule has 1 saturated heterocycles. The molecule has 7 heteroatoms. The minimum absolute atomic E-state index is 0.0808. The van der Waals surface area contributed by atoms with E-state index in [0.29, 0.717) is 11.7 Å². The summed E-state index contributed by atoms with van der Waals surface area (Å²) >= 11 is 1.53. The molecule has 3 N–H and O–H groups in total. The summed E-state index contributed by atoms with van der Waals surface area (Å²) in [5.41, 5.74) is 7.57. The van der Waals surface area contributed by atoms with Gasteiger partial charge in [-0.3, -0.25) is 0 Å². The molecule has 4 rings (SSSR count). The summed E-state index contributed by atoms with van der Waals surface area (Å²) in [5, 5.41) is 3.95. The van der Waals surface area contributed by atoms with Crippen molar-refractivity contribution in [1.82, 2.24) is 15.2 Å². The Bertz CT molecular complexity index is 876. The molecule has 1 aliphatic rings. The number of thiazole rings is 1. The molecular weight excluding hydrogens is 348 g/mol. The predicted molar refractivity (Wildman–Crippen MR) is 103 cm³/mol. The number of urea groups is 1. The van der Waals surface area contributed by atoms with E-state index >= 15 is 0 Å². The van der Waals surface area contributed by atoms with E-state index in [0.717, 1.165) is 41.0 Å². The first-order chi connectivity index (χ1) is 12.7. The molecule has 2 amide bonds. The van der Waals surface area contributed by atoms with Gasteiger partial charge >= 0.3 is 6.03 Å². The minimum Gasteiger partial charge on any atom is -0.431 e. The van der Waals surface area contributed by atoms with Crippen LogP contribution in [0.4, 0.5) is 4.79 Å². The summed E-state index contributed by atoms with van der Waals surface area (Å²) in [4.78, 5) is 17.8. The lowest BCUT2D eigenvalue weighted by Gasteiger charge is -2.35. The van der Waals surface area contributed by atoms with Gasteiger partial charge < -0.3 is 20.7 Å². The Kier molecular flexibility index (Phi) is 4.73. The Labute approximate surface area is 155 Å². The smallest absolute Gasteiger partial charge is 0.315 e. The van der Waals surface area contributed by atoms with Crippen molar-refractivity contribution in [2.75, 3.05) is 19.6 Å². The van der Waals surface area contributed by atoms with Crippen LogP contribution in [0.15, 0.2) is 48.5 Å². The van der Waals surface area contributed by atoms with E-state index in [2.05, 4.69) is 10.3 Å². The topological polar surface area (TPSA) is 80.5 Å². The number of amides is 2. The van der Waals surface area contributed by atoms with Crippen molar-refractivity contribution < 1.29 is 9.53 Å². The van der Waals surface area contributed by atoms with Crippen LogP contribution in [0.3, 0.4) is 0 Å². The standard InChI is InChI=1S/C19H20N4O2S/c20-18(24)23-10-9-21-12-14(23)11-13-5-7-15(8-6-13)25-19-22-16-3-1-2-4-17(16)26-19/h1-8,14,21H,9-12H2,(H2,20,24). The second-order valence-corrected chi connectivity index (χ2v) is 7.28. The number of para-hydroxylation sites is 1. The summed E-state index contributed by atoms with van der Waals surface area (Å²) < 4.78 is 6.99. The van der Waals surface area contributed by atoms with Gasteiger partial charge in [0, 0.05) is 25.7 Å². The number of benzene rings is 2. The Morgan fingerprint density at radius 3 is 2.85 bits per heavy atom. The number of hydrogen-bond acceptors (Lipinski definition) is 5. The maximum Gasteiger partial charge on any atom is 0.315 e. The van der Waals surface area contributed by atoms with Crippen molar-refractivity contribution >= 4 is 27.6 Å². The van der Waals surface area contributed by atoms with Gasteiger partial charge in [-0.1, -0.05) is 35.6 Å². The monoisotopic (exact) mass is 368 g/mol. The van der Waals surface area contributed by atoms with E-state index in [9.17, 15) is 4.79 Å². The lowest BCUT2D eigenvalue weighted by atomic mass is 10.0. The molecule has 134 valence electrons. The average molecular weight is 368 g/mol. The highest BCUT2D eigenvalue weighted by molar-refractivity contribution is 7.20. The molecular formula is C19H20N4O2S. The third kappa shape index (κ3) is 3.63. The zero-order chi connectivity index (χ0) is 17.9. The predicted octanol–water partition coefficient (Wildman–Crippen LogP) is 2.98. The highest BCUT2D eigenvalue weighted by atomic mass is 32.1. The van der Waals surface area contributed by atoms with E-state index < -0.39 is 0 Å². The number of carbonyl (C=O) groups is 1. The molecule has 0 saturated carbocycles. The summed E-state index contributed by atoms with van der Waals surface area (Å²) in [5.74, 6) is 0.751. The molecule has 0 spiro atoms. The SMILES string of the molecule is NC(=O)N1CCNCC1Cc1ccc(Oc2nc3ccccc3s2)cc1. The first-order valence-electron chi connectivity index (χ1n) is 8.58. The van der Waals surface area contributed by atoms with Crippen molar-refractivity contribution in [1.29, 1.82) is 0 Å². The van der Waals surface area contributed by atoms with E-state index in [1.807, 2.05) is 48.5 Å². The summed E-state index contributed by atoms with van der Waals surface area (Å²) in [6.07, 6.45) is 0.761. The second kappa shape index (κ2) is 7.31. The first kappa shape index (κ1) is 16.8. The fraction of sp³-hybridized carbons (Fsp3) is 0.263. The molecule has 6 nitrogen and oxygen atoms in total. The van der Waals surface area contributed by atoms with Crippen LogP contribution in [0.25, 0.3) is 10.2 Å². The van der Waals surface area contributed by atoms with Crippen molar-refractivity contribution in [3.8, 4) is 10.9 Å². The number of rotatable bonds is 4. The average Bonchev–Trinajstić information content (AvgIpc) is 3.06. The molecule has 2 aromatic carbocycles. The number of hydrogen-bond donors (Lipinski definition) is 2. The summed E-state index contributed by atoms with van der Waals surface area (Å²) in [6, 6.07) is 15.6. The molecule has 1 aromatic heterocycles. The molecule has 3 aromatic rings. The van der Waals surface area contributed by atoms with Crippen LogP contribution < -0.4 is 15.8 Å². The zero-order valence-electron chi connectivity index (χ0n) is 14.2. The number of fused-ring (bicyclic) bond motifs is 1. The molecule has 2 heterocycles. The molecule has 0 bridgehead atoms. The highest BCUT2D eigenvalue weighted by Gasteiger charge is 2.24. The van der Waals surface area contributed by atoms with Gasteiger partial charge in [0.1, 0.15) is 5.75 Å². The number of carbonyl (C=O) groups excluding carboxylic acids is 1. The number of nitrogens with two attached hydrogens (primary N) is 1. The van der Waals surface area contributed by atoms with Crippen LogP contribution in [0.5, 0.6) is 10.9 Å².